The number of hydrogen-bond donors (Lipinski definition) is 1. The van der Waals surface area contributed by atoms with Crippen molar-refractivity contribution in [3.63, 3.8) is 0 Å². The van der Waals surface area contributed by atoms with E-state index in [1.54, 1.807) is 29.5 Å². The number of rotatable bonds is 4. The number of amides is 1. The summed E-state index contributed by atoms with van der Waals surface area (Å²) in [6.45, 7) is 2.49. The van der Waals surface area contributed by atoms with Gasteiger partial charge in [0.2, 0.25) is 0 Å². The summed E-state index contributed by atoms with van der Waals surface area (Å²) in [6.07, 6.45) is 2.80. The average Bonchev–Trinajstić information content (AvgIpc) is 2.84. The van der Waals surface area contributed by atoms with Gasteiger partial charge in [-0.25, -0.2) is 9.97 Å². The molecular weight excluding hydrogens is 270 g/mol. The van der Waals surface area contributed by atoms with Crippen LogP contribution in [-0.4, -0.2) is 15.9 Å². The second-order valence-electron chi connectivity index (χ2n) is 3.60. The largest absolute Gasteiger partial charge is 0.344 e. The first kappa shape index (κ1) is 13.0. The van der Waals surface area contributed by atoms with Crippen molar-refractivity contribution in [1.29, 1.82) is 0 Å². The lowest BCUT2D eigenvalue weighted by atomic mass is 10.3. The third-order valence-corrected chi connectivity index (χ3v) is 3.65. The molecule has 2 aromatic heterocycles. The van der Waals surface area contributed by atoms with Crippen LogP contribution in [0.15, 0.2) is 24.4 Å². The number of thiazole rings is 1. The molecule has 0 unspecified atom stereocenters. The first-order chi connectivity index (χ1) is 8.69. The summed E-state index contributed by atoms with van der Waals surface area (Å²) >= 11 is 7.33. The fourth-order valence-corrected chi connectivity index (χ4v) is 2.34. The molecule has 2 aromatic rings. The average molecular weight is 282 g/mol. The van der Waals surface area contributed by atoms with Crippen molar-refractivity contribution in [2.75, 3.05) is 0 Å². The standard InChI is InChI=1S/C12H12ClN3OS/c1-2-8-6-14-11(18-8)7-15-12(17)9-4-3-5-10(13)16-9/h3-6H,2,7H2,1H3,(H,15,17). The van der Waals surface area contributed by atoms with E-state index in [1.807, 2.05) is 6.20 Å². The van der Waals surface area contributed by atoms with Crippen molar-refractivity contribution in [2.24, 2.45) is 0 Å². The van der Waals surface area contributed by atoms with Crippen molar-refractivity contribution in [2.45, 2.75) is 19.9 Å². The van der Waals surface area contributed by atoms with Crippen LogP contribution in [0.2, 0.25) is 5.15 Å². The lowest BCUT2D eigenvalue weighted by Crippen LogP contribution is -2.23. The van der Waals surface area contributed by atoms with Gasteiger partial charge in [0, 0.05) is 11.1 Å². The van der Waals surface area contributed by atoms with Crippen molar-refractivity contribution in [3.05, 3.63) is 45.1 Å². The minimum atomic E-state index is -0.245. The molecular formula is C12H12ClN3OS. The molecule has 0 aromatic carbocycles. The lowest BCUT2D eigenvalue weighted by molar-refractivity contribution is 0.0946. The number of carbonyl (C=O) groups is 1. The van der Waals surface area contributed by atoms with Gasteiger partial charge < -0.3 is 5.32 Å². The number of carbonyl (C=O) groups excluding carboxylic acids is 1. The molecule has 0 atom stereocenters. The molecule has 1 N–H and O–H groups in total. The molecule has 18 heavy (non-hydrogen) atoms. The molecule has 2 rings (SSSR count). The van der Waals surface area contributed by atoms with Crippen LogP contribution in [0.1, 0.15) is 27.3 Å². The molecule has 2 heterocycles. The van der Waals surface area contributed by atoms with E-state index >= 15 is 0 Å². The SMILES string of the molecule is CCc1cnc(CNC(=O)c2cccc(Cl)n2)s1. The Balaban J connectivity index is 1.96. The van der Waals surface area contributed by atoms with Gasteiger partial charge in [-0.2, -0.15) is 0 Å². The molecule has 4 nitrogen and oxygen atoms in total. The minimum Gasteiger partial charge on any atom is -0.344 e. The second-order valence-corrected chi connectivity index (χ2v) is 5.19. The smallest absolute Gasteiger partial charge is 0.270 e. The predicted octanol–water partition coefficient (Wildman–Crippen LogP) is 2.68. The molecule has 0 bridgehead atoms. The Morgan fingerprint density at radius 3 is 3.00 bits per heavy atom. The van der Waals surface area contributed by atoms with Gasteiger partial charge in [0.15, 0.2) is 0 Å². The van der Waals surface area contributed by atoms with Gasteiger partial charge in [-0.05, 0) is 18.6 Å². The van der Waals surface area contributed by atoms with Gasteiger partial charge in [0.05, 0.1) is 6.54 Å². The Labute approximate surface area is 114 Å². The van der Waals surface area contributed by atoms with Gasteiger partial charge in [-0.15, -0.1) is 11.3 Å². The molecule has 0 aliphatic carbocycles. The van der Waals surface area contributed by atoms with Gasteiger partial charge in [0.25, 0.3) is 5.91 Å². The zero-order valence-corrected chi connectivity index (χ0v) is 11.4. The van der Waals surface area contributed by atoms with Crippen LogP contribution in [0, 0.1) is 0 Å². The Bertz CT molecular complexity index is 556. The Hall–Kier alpha value is -1.46. The van der Waals surface area contributed by atoms with Crippen molar-refractivity contribution in [3.8, 4) is 0 Å². The van der Waals surface area contributed by atoms with Crippen molar-refractivity contribution in [1.82, 2.24) is 15.3 Å². The zero-order valence-electron chi connectivity index (χ0n) is 9.81. The van der Waals surface area contributed by atoms with E-state index in [0.29, 0.717) is 17.4 Å². The van der Waals surface area contributed by atoms with E-state index in [-0.39, 0.29) is 5.91 Å². The Kier molecular flexibility index (Phi) is 4.28. The van der Waals surface area contributed by atoms with E-state index in [9.17, 15) is 4.79 Å². The van der Waals surface area contributed by atoms with Crippen LogP contribution in [-0.2, 0) is 13.0 Å². The summed E-state index contributed by atoms with van der Waals surface area (Å²) in [7, 11) is 0. The summed E-state index contributed by atoms with van der Waals surface area (Å²) < 4.78 is 0. The third-order valence-electron chi connectivity index (χ3n) is 2.30. The van der Waals surface area contributed by atoms with Crippen LogP contribution in [0.25, 0.3) is 0 Å². The van der Waals surface area contributed by atoms with E-state index < -0.39 is 0 Å². The summed E-state index contributed by atoms with van der Waals surface area (Å²) in [4.78, 5) is 21.2. The maximum atomic E-state index is 11.8. The fourth-order valence-electron chi connectivity index (χ4n) is 1.37. The number of aryl methyl sites for hydroxylation is 1. The van der Waals surface area contributed by atoms with Gasteiger partial charge >= 0.3 is 0 Å². The Morgan fingerprint density at radius 1 is 1.50 bits per heavy atom. The number of nitrogens with zero attached hydrogens (tertiary/aromatic N) is 2. The second kappa shape index (κ2) is 5.93. The molecule has 94 valence electrons. The maximum absolute atomic E-state index is 11.8. The van der Waals surface area contributed by atoms with Crippen LogP contribution in [0.4, 0.5) is 0 Å². The molecule has 0 radical (unpaired) electrons. The van der Waals surface area contributed by atoms with Crippen molar-refractivity contribution >= 4 is 28.8 Å². The Morgan fingerprint density at radius 2 is 2.33 bits per heavy atom. The number of nitrogens with one attached hydrogen (secondary N) is 1. The summed E-state index contributed by atoms with van der Waals surface area (Å²) in [6, 6.07) is 4.95. The van der Waals surface area contributed by atoms with Gasteiger partial charge in [0.1, 0.15) is 15.9 Å². The van der Waals surface area contributed by atoms with Crippen molar-refractivity contribution < 1.29 is 4.79 Å². The molecule has 0 aliphatic rings. The summed E-state index contributed by atoms with van der Waals surface area (Å²) in [5.74, 6) is -0.245. The normalized spacial score (nSPS) is 10.3. The van der Waals surface area contributed by atoms with Gasteiger partial charge in [-0.3, -0.25) is 4.79 Å². The summed E-state index contributed by atoms with van der Waals surface area (Å²) in [5, 5.41) is 3.97. The third kappa shape index (κ3) is 3.27. The molecule has 0 saturated heterocycles. The maximum Gasteiger partial charge on any atom is 0.270 e. The van der Waals surface area contributed by atoms with Gasteiger partial charge in [-0.1, -0.05) is 24.6 Å². The number of aromatic nitrogens is 2. The number of hydrogen-bond acceptors (Lipinski definition) is 4. The number of pyridine rings is 1. The molecule has 0 spiro atoms. The highest BCUT2D eigenvalue weighted by atomic mass is 35.5. The predicted molar refractivity (Wildman–Crippen MR) is 71.9 cm³/mol. The minimum absolute atomic E-state index is 0.245. The topological polar surface area (TPSA) is 54.9 Å². The van der Waals surface area contributed by atoms with Crippen LogP contribution in [0.5, 0.6) is 0 Å². The van der Waals surface area contributed by atoms with Crippen LogP contribution < -0.4 is 5.32 Å². The monoisotopic (exact) mass is 281 g/mol. The van der Waals surface area contributed by atoms with Crippen LogP contribution in [0.3, 0.4) is 0 Å². The number of halogens is 1. The molecule has 6 heteroatoms. The first-order valence-corrected chi connectivity index (χ1v) is 6.73. The van der Waals surface area contributed by atoms with Crippen LogP contribution >= 0.6 is 22.9 Å². The first-order valence-electron chi connectivity index (χ1n) is 5.53. The highest BCUT2D eigenvalue weighted by Gasteiger charge is 2.08. The van der Waals surface area contributed by atoms with E-state index in [0.717, 1.165) is 11.4 Å². The molecule has 0 aliphatic heterocycles. The highest BCUT2D eigenvalue weighted by molar-refractivity contribution is 7.11. The quantitative estimate of drug-likeness (QED) is 0.877. The van der Waals surface area contributed by atoms with E-state index in [1.165, 1.54) is 4.88 Å². The highest BCUT2D eigenvalue weighted by Crippen LogP contribution is 2.13. The summed E-state index contributed by atoms with van der Waals surface area (Å²) in [5.41, 5.74) is 0.315. The zero-order chi connectivity index (χ0) is 13.0. The lowest BCUT2D eigenvalue weighted by Gasteiger charge is -2.02. The molecule has 0 saturated carbocycles. The molecule has 1 amide bonds. The fraction of sp³-hybridized carbons (Fsp3) is 0.250. The van der Waals surface area contributed by atoms with E-state index in [2.05, 4.69) is 22.2 Å². The van der Waals surface area contributed by atoms with E-state index in [4.69, 9.17) is 11.6 Å². The molecule has 0 fully saturated rings.